The van der Waals surface area contributed by atoms with Crippen LogP contribution in [0.4, 0.5) is 5.82 Å². The van der Waals surface area contributed by atoms with Crippen molar-refractivity contribution in [1.82, 2.24) is 9.88 Å². The molecule has 0 radical (unpaired) electrons. The molecule has 1 aromatic carbocycles. The normalized spacial score (nSPS) is 12.4. The van der Waals surface area contributed by atoms with Gasteiger partial charge in [-0.2, -0.15) is 0 Å². The van der Waals surface area contributed by atoms with Crippen molar-refractivity contribution >= 4 is 17.4 Å². The van der Waals surface area contributed by atoms with Crippen LogP contribution < -0.4 is 4.90 Å². The minimum atomic E-state index is 0.247. The number of halogens is 1. The Kier molecular flexibility index (Phi) is 5.59. The van der Waals surface area contributed by atoms with Crippen LogP contribution in [0, 0.1) is 0 Å². The Balaban J connectivity index is 2.23. The topological polar surface area (TPSA) is 19.4 Å². The van der Waals surface area contributed by atoms with E-state index in [2.05, 4.69) is 54.0 Å². The fourth-order valence-electron chi connectivity index (χ4n) is 2.26. The van der Waals surface area contributed by atoms with Crippen LogP contribution in [-0.2, 0) is 0 Å². The summed E-state index contributed by atoms with van der Waals surface area (Å²) < 4.78 is 0. The van der Waals surface area contributed by atoms with E-state index in [1.54, 1.807) is 0 Å². The zero-order chi connectivity index (χ0) is 15.2. The van der Waals surface area contributed by atoms with E-state index in [4.69, 9.17) is 11.6 Å². The summed E-state index contributed by atoms with van der Waals surface area (Å²) in [6.45, 7) is 4.11. The predicted octanol–water partition coefficient (Wildman–Crippen LogP) is 3.86. The van der Waals surface area contributed by atoms with E-state index in [1.165, 1.54) is 5.56 Å². The summed E-state index contributed by atoms with van der Waals surface area (Å²) in [5.74, 6) is 1.00. The first-order valence-electron chi connectivity index (χ1n) is 7.16. The summed E-state index contributed by atoms with van der Waals surface area (Å²) in [6.07, 6.45) is 1.84. The number of pyridine rings is 1. The zero-order valence-electron chi connectivity index (χ0n) is 12.8. The molecule has 0 amide bonds. The third kappa shape index (κ3) is 4.45. The number of hydrogen-bond acceptors (Lipinski definition) is 3. The Labute approximate surface area is 132 Å². The van der Waals surface area contributed by atoms with Crippen molar-refractivity contribution in [2.45, 2.75) is 13.0 Å². The summed E-state index contributed by atoms with van der Waals surface area (Å²) >= 11 is 5.98. The van der Waals surface area contributed by atoms with E-state index < -0.39 is 0 Å². The maximum absolute atomic E-state index is 5.98. The van der Waals surface area contributed by atoms with Crippen LogP contribution in [0.3, 0.4) is 0 Å². The van der Waals surface area contributed by atoms with Crippen molar-refractivity contribution in [1.29, 1.82) is 0 Å². The molecule has 1 heterocycles. The smallest absolute Gasteiger partial charge is 0.129 e. The lowest BCUT2D eigenvalue weighted by Gasteiger charge is -2.31. The van der Waals surface area contributed by atoms with Gasteiger partial charge in [-0.1, -0.05) is 29.8 Å². The molecule has 0 spiro atoms. The number of anilines is 1. The maximum Gasteiger partial charge on any atom is 0.129 e. The molecular formula is C17H22ClN3. The summed E-state index contributed by atoms with van der Waals surface area (Å²) in [6, 6.07) is 14.3. The summed E-state index contributed by atoms with van der Waals surface area (Å²) in [7, 11) is 4.17. The van der Waals surface area contributed by atoms with Crippen LogP contribution >= 0.6 is 11.6 Å². The minimum absolute atomic E-state index is 0.247. The maximum atomic E-state index is 5.98. The Morgan fingerprint density at radius 1 is 1.05 bits per heavy atom. The highest BCUT2D eigenvalue weighted by molar-refractivity contribution is 6.30. The lowest BCUT2D eigenvalue weighted by atomic mass is 10.1. The quantitative estimate of drug-likeness (QED) is 0.807. The molecule has 4 heteroatoms. The highest BCUT2D eigenvalue weighted by Crippen LogP contribution is 2.26. The van der Waals surface area contributed by atoms with Gasteiger partial charge in [-0.05, 0) is 50.8 Å². The first kappa shape index (κ1) is 15.8. The molecule has 1 atom stereocenters. The highest BCUT2D eigenvalue weighted by Gasteiger charge is 2.17. The lowest BCUT2D eigenvalue weighted by Crippen LogP contribution is -2.34. The van der Waals surface area contributed by atoms with Gasteiger partial charge in [0.15, 0.2) is 0 Å². The van der Waals surface area contributed by atoms with E-state index >= 15 is 0 Å². The molecule has 0 saturated carbocycles. The van der Waals surface area contributed by atoms with Gasteiger partial charge in [-0.25, -0.2) is 4.98 Å². The van der Waals surface area contributed by atoms with Gasteiger partial charge in [0.2, 0.25) is 0 Å². The van der Waals surface area contributed by atoms with Crippen LogP contribution in [0.15, 0.2) is 48.7 Å². The first-order chi connectivity index (χ1) is 10.1. The molecule has 21 heavy (non-hydrogen) atoms. The molecule has 2 rings (SSSR count). The fraction of sp³-hybridized carbons (Fsp3) is 0.353. The molecule has 0 bridgehead atoms. The van der Waals surface area contributed by atoms with Crippen molar-refractivity contribution in [3.05, 3.63) is 59.2 Å². The molecule has 0 aliphatic rings. The van der Waals surface area contributed by atoms with Gasteiger partial charge in [0, 0.05) is 24.3 Å². The minimum Gasteiger partial charge on any atom is -0.349 e. The number of hydrogen-bond donors (Lipinski definition) is 0. The lowest BCUT2D eigenvalue weighted by molar-refractivity contribution is 0.406. The molecule has 1 aromatic heterocycles. The third-order valence-corrected chi connectivity index (χ3v) is 3.80. The van der Waals surface area contributed by atoms with Crippen LogP contribution in [-0.4, -0.2) is 37.1 Å². The second kappa shape index (κ2) is 7.43. The monoisotopic (exact) mass is 303 g/mol. The van der Waals surface area contributed by atoms with E-state index in [0.717, 1.165) is 23.9 Å². The van der Waals surface area contributed by atoms with Gasteiger partial charge in [-0.15, -0.1) is 0 Å². The van der Waals surface area contributed by atoms with E-state index in [-0.39, 0.29) is 6.04 Å². The van der Waals surface area contributed by atoms with Crippen LogP contribution in [0.5, 0.6) is 0 Å². The Hall–Kier alpha value is -1.58. The van der Waals surface area contributed by atoms with Gasteiger partial charge in [0.1, 0.15) is 5.82 Å². The number of nitrogens with zero attached hydrogens (tertiary/aromatic N) is 3. The van der Waals surface area contributed by atoms with E-state index in [9.17, 15) is 0 Å². The van der Waals surface area contributed by atoms with E-state index in [1.807, 2.05) is 30.5 Å². The predicted molar refractivity (Wildman–Crippen MR) is 90.0 cm³/mol. The summed E-state index contributed by atoms with van der Waals surface area (Å²) in [5.41, 5.74) is 1.24. The third-order valence-electron chi connectivity index (χ3n) is 3.55. The van der Waals surface area contributed by atoms with Crippen molar-refractivity contribution in [3.8, 4) is 0 Å². The number of rotatable bonds is 6. The van der Waals surface area contributed by atoms with Crippen molar-refractivity contribution in [2.75, 3.05) is 32.1 Å². The average molecular weight is 304 g/mol. The average Bonchev–Trinajstić information content (AvgIpc) is 2.49. The van der Waals surface area contributed by atoms with E-state index in [0.29, 0.717) is 0 Å². The molecule has 0 unspecified atom stereocenters. The van der Waals surface area contributed by atoms with Crippen molar-refractivity contribution in [2.24, 2.45) is 0 Å². The molecular weight excluding hydrogens is 282 g/mol. The van der Waals surface area contributed by atoms with Crippen LogP contribution in [0.1, 0.15) is 18.5 Å². The van der Waals surface area contributed by atoms with Crippen LogP contribution in [0.25, 0.3) is 0 Å². The van der Waals surface area contributed by atoms with Crippen molar-refractivity contribution < 1.29 is 0 Å². The summed E-state index contributed by atoms with van der Waals surface area (Å²) in [5, 5.41) is 0.767. The highest BCUT2D eigenvalue weighted by atomic mass is 35.5. The van der Waals surface area contributed by atoms with Gasteiger partial charge >= 0.3 is 0 Å². The largest absolute Gasteiger partial charge is 0.349 e. The summed E-state index contributed by atoms with van der Waals surface area (Å²) in [4.78, 5) is 9.01. The van der Waals surface area contributed by atoms with Crippen molar-refractivity contribution in [3.63, 3.8) is 0 Å². The molecule has 2 aromatic rings. The van der Waals surface area contributed by atoms with Gasteiger partial charge < -0.3 is 9.80 Å². The standard InChI is InChI=1S/C17H22ClN3/c1-14(15-7-9-16(18)10-8-15)21(13-12-20(2)3)17-6-4-5-11-19-17/h4-11,14H,12-13H2,1-3H3/t14-/m1/s1. The molecule has 0 aliphatic carbocycles. The second-order valence-corrected chi connectivity index (χ2v) is 5.85. The Bertz CT molecular complexity index is 540. The second-order valence-electron chi connectivity index (χ2n) is 5.41. The molecule has 3 nitrogen and oxygen atoms in total. The molecule has 0 aliphatic heterocycles. The molecule has 0 fully saturated rings. The van der Waals surface area contributed by atoms with Gasteiger partial charge in [0.25, 0.3) is 0 Å². The molecule has 112 valence electrons. The first-order valence-corrected chi connectivity index (χ1v) is 7.53. The van der Waals surface area contributed by atoms with Gasteiger partial charge in [-0.3, -0.25) is 0 Å². The number of likely N-dealkylation sites (N-methyl/N-ethyl adjacent to an activating group) is 1. The molecule has 0 saturated heterocycles. The Morgan fingerprint density at radius 3 is 2.33 bits per heavy atom. The number of benzene rings is 1. The number of aromatic nitrogens is 1. The molecule has 0 N–H and O–H groups in total. The Morgan fingerprint density at radius 2 is 1.76 bits per heavy atom. The van der Waals surface area contributed by atoms with Gasteiger partial charge in [0.05, 0.1) is 6.04 Å². The zero-order valence-corrected chi connectivity index (χ0v) is 13.6. The van der Waals surface area contributed by atoms with Crippen LogP contribution in [0.2, 0.25) is 5.02 Å². The fourth-order valence-corrected chi connectivity index (χ4v) is 2.39. The SMILES string of the molecule is C[C@H](c1ccc(Cl)cc1)N(CCN(C)C)c1ccccn1.